The number of benzene rings is 2. The van der Waals surface area contributed by atoms with Crippen molar-refractivity contribution in [2.75, 3.05) is 26.2 Å². The highest BCUT2D eigenvalue weighted by atomic mass is 35.5. The number of halogens is 4. The van der Waals surface area contributed by atoms with E-state index in [0.717, 1.165) is 66.0 Å². The first-order valence-corrected chi connectivity index (χ1v) is 15.3. The zero-order valence-corrected chi connectivity index (χ0v) is 25.6. The molecule has 1 atom stereocenters. The number of hydrogen-bond acceptors (Lipinski definition) is 5. The molecule has 1 spiro atoms. The van der Waals surface area contributed by atoms with Gasteiger partial charge in [0.25, 0.3) is 0 Å². The third-order valence-electron chi connectivity index (χ3n) is 8.96. The Kier molecular flexibility index (Phi) is 8.66. The summed E-state index contributed by atoms with van der Waals surface area (Å²) in [6, 6.07) is 20.1. The zero-order chi connectivity index (χ0) is 32.4. The molecule has 1 fully saturated rings. The molecular weight excluding hydrogens is 613 g/mol. The van der Waals surface area contributed by atoms with Gasteiger partial charge in [-0.15, -0.1) is 0 Å². The first-order valence-electron chi connectivity index (χ1n) is 14.9. The van der Waals surface area contributed by atoms with Gasteiger partial charge >= 0.3 is 12.2 Å². The van der Waals surface area contributed by atoms with Crippen LogP contribution < -0.4 is 15.1 Å². The highest BCUT2D eigenvalue weighted by molar-refractivity contribution is 6.29. The highest BCUT2D eigenvalue weighted by Gasteiger charge is 2.57. The van der Waals surface area contributed by atoms with E-state index in [1.165, 1.54) is 12.1 Å². The molecule has 0 bridgehead atoms. The molecule has 2 aromatic carbocycles. The second kappa shape index (κ2) is 12.7. The highest BCUT2D eigenvalue weighted by Crippen LogP contribution is 2.51. The summed E-state index contributed by atoms with van der Waals surface area (Å²) in [5.41, 5.74) is 4.56. The number of carbonyl (C=O) groups is 1. The molecule has 1 unspecified atom stereocenters. The molecule has 2 aromatic heterocycles. The SMILES string of the molecule is N#Cc1ccc(-c2ccc3c(c2)C2(CCNCC2)C[N+]3(C/C=C/c2ccc(C(F)(F)F)cc2)C(=O)NCc2ccnc(Cl)c2)cn1. The Morgan fingerprint density at radius 2 is 1.80 bits per heavy atom. The number of nitriles is 1. The van der Waals surface area contributed by atoms with E-state index in [9.17, 15) is 23.2 Å². The largest absolute Gasteiger partial charge is 0.422 e. The molecule has 1 saturated heterocycles. The van der Waals surface area contributed by atoms with Crippen molar-refractivity contribution in [3.05, 3.63) is 118 Å². The minimum Gasteiger partial charge on any atom is -0.317 e. The molecule has 4 heterocycles. The van der Waals surface area contributed by atoms with Crippen molar-refractivity contribution in [1.82, 2.24) is 25.1 Å². The fraction of sp³-hybridized carbons (Fsp3) is 0.257. The van der Waals surface area contributed by atoms with Gasteiger partial charge in [-0.1, -0.05) is 29.8 Å². The number of nitrogens with zero attached hydrogens (tertiary/aromatic N) is 4. The van der Waals surface area contributed by atoms with Gasteiger partial charge in [-0.2, -0.15) is 18.4 Å². The summed E-state index contributed by atoms with van der Waals surface area (Å²) in [5.74, 6) is 0. The maximum atomic E-state index is 14.4. The quantitative estimate of drug-likeness (QED) is 0.171. The van der Waals surface area contributed by atoms with Gasteiger partial charge < -0.3 is 10.6 Å². The lowest BCUT2D eigenvalue weighted by molar-refractivity contribution is -0.137. The zero-order valence-electron chi connectivity index (χ0n) is 24.8. The number of carbonyl (C=O) groups excluding carboxylic acids is 1. The summed E-state index contributed by atoms with van der Waals surface area (Å²) >= 11 is 6.10. The Hall–Kier alpha value is -4.56. The molecule has 7 nitrogen and oxygen atoms in total. The summed E-state index contributed by atoms with van der Waals surface area (Å²) in [4.78, 5) is 22.7. The maximum absolute atomic E-state index is 14.4. The normalized spacial score (nSPS) is 18.8. The molecule has 0 saturated carbocycles. The van der Waals surface area contributed by atoms with E-state index in [-0.39, 0.29) is 22.5 Å². The minimum absolute atomic E-state index is 0.00279. The Labute approximate surface area is 270 Å². The van der Waals surface area contributed by atoms with Crippen LogP contribution in [-0.4, -0.2) is 42.2 Å². The van der Waals surface area contributed by atoms with Crippen LogP contribution in [0.15, 0.2) is 85.2 Å². The van der Waals surface area contributed by atoms with E-state index >= 15 is 0 Å². The molecule has 2 amide bonds. The molecule has 234 valence electrons. The van der Waals surface area contributed by atoms with Crippen LogP contribution in [-0.2, 0) is 18.1 Å². The van der Waals surface area contributed by atoms with Gasteiger partial charge in [-0.05, 0) is 97.2 Å². The van der Waals surface area contributed by atoms with Crippen LogP contribution in [0, 0.1) is 11.3 Å². The van der Waals surface area contributed by atoms with Crippen LogP contribution in [0.4, 0.5) is 23.7 Å². The average Bonchev–Trinajstić information content (AvgIpc) is 3.32. The smallest absolute Gasteiger partial charge is 0.317 e. The molecule has 2 aliphatic heterocycles. The maximum Gasteiger partial charge on any atom is 0.422 e. The van der Waals surface area contributed by atoms with Crippen LogP contribution >= 0.6 is 11.6 Å². The lowest BCUT2D eigenvalue weighted by Gasteiger charge is -2.36. The van der Waals surface area contributed by atoms with Crippen molar-refractivity contribution in [1.29, 1.82) is 5.26 Å². The van der Waals surface area contributed by atoms with Crippen molar-refractivity contribution >= 4 is 29.4 Å². The predicted molar refractivity (Wildman–Crippen MR) is 172 cm³/mol. The topological polar surface area (TPSA) is 90.7 Å². The van der Waals surface area contributed by atoms with Gasteiger partial charge in [-0.25, -0.2) is 19.2 Å². The first kappa shape index (κ1) is 31.4. The number of quaternary nitrogens is 1. The number of pyridine rings is 2. The number of alkyl halides is 3. The van der Waals surface area contributed by atoms with Gasteiger partial charge in [0, 0.05) is 36.1 Å². The van der Waals surface area contributed by atoms with Gasteiger partial charge in [0.15, 0.2) is 0 Å². The van der Waals surface area contributed by atoms with E-state index in [1.807, 2.05) is 24.3 Å². The second-order valence-electron chi connectivity index (χ2n) is 11.8. The van der Waals surface area contributed by atoms with Crippen molar-refractivity contribution in [2.45, 2.75) is 31.0 Å². The first-order chi connectivity index (χ1) is 22.1. The van der Waals surface area contributed by atoms with Crippen molar-refractivity contribution in [2.24, 2.45) is 0 Å². The Morgan fingerprint density at radius 3 is 2.48 bits per heavy atom. The van der Waals surface area contributed by atoms with Crippen molar-refractivity contribution < 1.29 is 18.0 Å². The second-order valence-corrected chi connectivity index (χ2v) is 12.2. The van der Waals surface area contributed by atoms with Crippen LogP contribution in [0.25, 0.3) is 17.2 Å². The van der Waals surface area contributed by atoms with E-state index in [4.69, 9.17) is 11.6 Å². The third kappa shape index (κ3) is 6.27. The standard InChI is InChI=1S/C35H30ClF3N6O/c36-32-18-25(11-14-42-32)21-44-33(46)45(17-1-2-24-3-7-28(8-4-24)35(37,38)39)23-34(12-15-41-16-13-34)30-19-26(6-10-31(30)45)27-5-9-29(20-40)43-22-27/h1-11,14,18-19,22,41H,12-13,15-17,21,23H2/p+1/b2-1+. The summed E-state index contributed by atoms with van der Waals surface area (Å²) < 4.78 is 39.4. The molecule has 2 N–H and O–H groups in total. The molecule has 0 radical (unpaired) electrons. The Bertz CT molecular complexity index is 1810. The van der Waals surface area contributed by atoms with Crippen molar-refractivity contribution in [3.63, 3.8) is 0 Å². The molecule has 4 aromatic rings. The van der Waals surface area contributed by atoms with Gasteiger partial charge in [0.2, 0.25) is 0 Å². The van der Waals surface area contributed by atoms with Crippen molar-refractivity contribution in [3.8, 4) is 17.2 Å². The average molecular weight is 644 g/mol. The number of rotatable bonds is 6. The van der Waals surface area contributed by atoms with Gasteiger partial charge in [0.05, 0.1) is 11.0 Å². The Balaban J connectivity index is 1.39. The number of fused-ring (bicyclic) bond motifs is 2. The molecule has 0 aliphatic carbocycles. The molecular formula is C35H31ClF3N6O+. The van der Waals surface area contributed by atoms with Crippen LogP contribution in [0.1, 0.15) is 40.8 Å². The van der Waals surface area contributed by atoms with Crippen LogP contribution in [0.2, 0.25) is 5.15 Å². The summed E-state index contributed by atoms with van der Waals surface area (Å²) in [5, 5.41) is 16.1. The van der Waals surface area contributed by atoms with Gasteiger partial charge in [0.1, 0.15) is 35.7 Å². The fourth-order valence-corrected chi connectivity index (χ4v) is 6.82. The molecule has 46 heavy (non-hydrogen) atoms. The van der Waals surface area contributed by atoms with E-state index in [1.54, 1.807) is 36.7 Å². The summed E-state index contributed by atoms with van der Waals surface area (Å²) in [6.45, 7) is 2.69. The Morgan fingerprint density at radius 1 is 1.04 bits per heavy atom. The summed E-state index contributed by atoms with van der Waals surface area (Å²) in [6.07, 6.45) is 4.18. The lowest BCUT2D eigenvalue weighted by Crippen LogP contribution is -2.60. The van der Waals surface area contributed by atoms with E-state index in [2.05, 4.69) is 32.7 Å². The summed E-state index contributed by atoms with van der Waals surface area (Å²) in [7, 11) is 0. The van der Waals surface area contributed by atoms with Gasteiger partial charge in [-0.3, -0.25) is 0 Å². The number of urea groups is 1. The van der Waals surface area contributed by atoms with Crippen LogP contribution in [0.5, 0.6) is 0 Å². The fourth-order valence-electron chi connectivity index (χ4n) is 6.62. The third-order valence-corrected chi connectivity index (χ3v) is 9.17. The molecule has 6 rings (SSSR count). The number of piperidine rings is 1. The molecule has 2 aliphatic rings. The predicted octanol–water partition coefficient (Wildman–Crippen LogP) is 7.25. The number of hydrogen-bond donors (Lipinski definition) is 2. The van der Waals surface area contributed by atoms with Crippen LogP contribution in [0.3, 0.4) is 0 Å². The van der Waals surface area contributed by atoms with E-state index < -0.39 is 11.7 Å². The number of nitrogens with one attached hydrogen (secondary N) is 2. The number of aromatic nitrogens is 2. The number of amides is 2. The van der Waals surface area contributed by atoms with E-state index in [0.29, 0.717) is 29.5 Å². The molecule has 11 heteroatoms. The minimum atomic E-state index is -4.41. The lowest BCUT2D eigenvalue weighted by atomic mass is 9.74. The monoisotopic (exact) mass is 643 g/mol.